The molecule has 1 aliphatic rings. The van der Waals surface area contributed by atoms with Gasteiger partial charge in [0, 0.05) is 37.1 Å². The van der Waals surface area contributed by atoms with Crippen LogP contribution < -0.4 is 10.2 Å². The van der Waals surface area contributed by atoms with Gasteiger partial charge in [0.15, 0.2) is 5.82 Å². The Bertz CT molecular complexity index is 1150. The lowest BCUT2D eigenvalue weighted by Gasteiger charge is -2.24. The van der Waals surface area contributed by atoms with Gasteiger partial charge in [-0.3, -0.25) is 5.10 Å². The zero-order valence-electron chi connectivity index (χ0n) is 16.1. The van der Waals surface area contributed by atoms with Crippen molar-refractivity contribution in [2.24, 2.45) is 0 Å². The van der Waals surface area contributed by atoms with Crippen molar-refractivity contribution in [1.82, 2.24) is 30.1 Å². The molecule has 0 saturated heterocycles. The van der Waals surface area contributed by atoms with Crippen LogP contribution in [-0.4, -0.2) is 43.4 Å². The van der Waals surface area contributed by atoms with Gasteiger partial charge in [-0.25, -0.2) is 14.4 Å². The van der Waals surface area contributed by atoms with Gasteiger partial charge >= 0.3 is 0 Å². The molecule has 1 aliphatic carbocycles. The number of nitrogens with one attached hydrogen (secondary N) is 3. The lowest BCUT2D eigenvalue weighted by Crippen LogP contribution is -2.24. The number of rotatable bonds is 6. The van der Waals surface area contributed by atoms with E-state index in [2.05, 4.69) is 37.4 Å². The van der Waals surface area contributed by atoms with Crippen LogP contribution >= 0.6 is 0 Å². The molecule has 0 amide bonds. The highest BCUT2D eigenvalue weighted by Crippen LogP contribution is 2.43. The SMILES string of the molecule is C[C@@H](c1ccc2[nH]ccc2n1)N(C)c1nccc(Nc2cc([C@H]3C[C@@H]3F)[nH]n2)n1. The van der Waals surface area contributed by atoms with Crippen molar-refractivity contribution >= 4 is 28.6 Å². The first-order valence-corrected chi connectivity index (χ1v) is 9.55. The largest absolute Gasteiger partial charge is 0.360 e. The number of hydrogen-bond acceptors (Lipinski definition) is 6. The van der Waals surface area contributed by atoms with Gasteiger partial charge in [-0.15, -0.1) is 0 Å². The highest BCUT2D eigenvalue weighted by Gasteiger charge is 2.40. The van der Waals surface area contributed by atoms with Crippen LogP contribution in [0.3, 0.4) is 0 Å². The van der Waals surface area contributed by atoms with Crippen molar-refractivity contribution in [3.05, 3.63) is 54.1 Å². The first-order chi connectivity index (χ1) is 14.1. The lowest BCUT2D eigenvalue weighted by molar-refractivity contribution is 0.466. The van der Waals surface area contributed by atoms with Crippen molar-refractivity contribution in [3.8, 4) is 0 Å². The maximum atomic E-state index is 13.2. The zero-order valence-corrected chi connectivity index (χ0v) is 16.1. The summed E-state index contributed by atoms with van der Waals surface area (Å²) in [5.41, 5.74) is 3.68. The molecule has 0 spiro atoms. The molecule has 9 heteroatoms. The van der Waals surface area contributed by atoms with Gasteiger partial charge in [0.05, 0.1) is 22.8 Å². The molecule has 4 heterocycles. The Morgan fingerprint density at radius 2 is 2.07 bits per heavy atom. The Kier molecular flexibility index (Phi) is 4.15. The second-order valence-corrected chi connectivity index (χ2v) is 7.37. The fourth-order valence-electron chi connectivity index (χ4n) is 3.35. The van der Waals surface area contributed by atoms with E-state index in [1.807, 2.05) is 42.4 Å². The fourth-order valence-corrected chi connectivity index (χ4v) is 3.35. The van der Waals surface area contributed by atoms with Crippen LogP contribution in [0.15, 0.2) is 42.7 Å². The maximum Gasteiger partial charge on any atom is 0.227 e. The highest BCUT2D eigenvalue weighted by molar-refractivity contribution is 5.74. The van der Waals surface area contributed by atoms with Gasteiger partial charge in [-0.05, 0) is 37.6 Å². The number of anilines is 3. The van der Waals surface area contributed by atoms with Crippen LogP contribution in [0.25, 0.3) is 11.0 Å². The molecule has 4 aromatic heterocycles. The number of aromatic amines is 2. The van der Waals surface area contributed by atoms with Gasteiger partial charge < -0.3 is 15.2 Å². The average molecular weight is 392 g/mol. The molecule has 4 aromatic rings. The molecule has 29 heavy (non-hydrogen) atoms. The number of aromatic nitrogens is 6. The van der Waals surface area contributed by atoms with Gasteiger partial charge in [0.2, 0.25) is 5.95 Å². The van der Waals surface area contributed by atoms with Crippen molar-refractivity contribution < 1.29 is 4.39 Å². The van der Waals surface area contributed by atoms with E-state index in [-0.39, 0.29) is 12.0 Å². The van der Waals surface area contributed by atoms with Crippen molar-refractivity contribution in [3.63, 3.8) is 0 Å². The molecule has 0 aromatic carbocycles. The number of halogens is 1. The summed E-state index contributed by atoms with van der Waals surface area (Å²) >= 11 is 0. The van der Waals surface area contributed by atoms with Crippen molar-refractivity contribution in [2.45, 2.75) is 31.5 Å². The van der Waals surface area contributed by atoms with Crippen LogP contribution in [0.5, 0.6) is 0 Å². The third kappa shape index (κ3) is 3.39. The van der Waals surface area contributed by atoms with E-state index in [9.17, 15) is 4.39 Å². The first kappa shape index (κ1) is 17.6. The van der Waals surface area contributed by atoms with E-state index in [1.165, 1.54) is 0 Å². The summed E-state index contributed by atoms with van der Waals surface area (Å²) in [4.78, 5) is 18.8. The van der Waals surface area contributed by atoms with Crippen LogP contribution in [0.1, 0.15) is 36.7 Å². The zero-order chi connectivity index (χ0) is 20.0. The molecule has 3 atom stereocenters. The molecular weight excluding hydrogens is 371 g/mol. The quantitative estimate of drug-likeness (QED) is 0.461. The Labute approximate surface area is 166 Å². The minimum absolute atomic E-state index is 0.0158. The summed E-state index contributed by atoms with van der Waals surface area (Å²) in [5, 5.41) is 10.2. The Morgan fingerprint density at radius 1 is 1.21 bits per heavy atom. The van der Waals surface area contributed by atoms with E-state index in [1.54, 1.807) is 12.3 Å². The summed E-state index contributed by atoms with van der Waals surface area (Å²) in [7, 11) is 1.94. The average Bonchev–Trinajstić information content (AvgIpc) is 3.11. The minimum Gasteiger partial charge on any atom is -0.360 e. The molecule has 8 nitrogen and oxygen atoms in total. The van der Waals surface area contributed by atoms with Gasteiger partial charge in [-0.2, -0.15) is 10.1 Å². The second-order valence-electron chi connectivity index (χ2n) is 7.37. The molecule has 1 saturated carbocycles. The van der Waals surface area contributed by atoms with Crippen LogP contribution in [0.2, 0.25) is 0 Å². The smallest absolute Gasteiger partial charge is 0.227 e. The van der Waals surface area contributed by atoms with Crippen LogP contribution in [0.4, 0.5) is 22.0 Å². The van der Waals surface area contributed by atoms with Gasteiger partial charge in [0.1, 0.15) is 12.0 Å². The Morgan fingerprint density at radius 3 is 2.90 bits per heavy atom. The molecule has 5 rings (SSSR count). The molecule has 3 N–H and O–H groups in total. The predicted molar refractivity (Wildman–Crippen MR) is 109 cm³/mol. The van der Waals surface area contributed by atoms with Gasteiger partial charge in [-0.1, -0.05) is 0 Å². The monoisotopic (exact) mass is 392 g/mol. The Balaban J connectivity index is 1.33. The summed E-state index contributed by atoms with van der Waals surface area (Å²) in [6.07, 6.45) is 3.38. The summed E-state index contributed by atoms with van der Waals surface area (Å²) in [5.74, 6) is 1.74. The van der Waals surface area contributed by atoms with Crippen LogP contribution in [0, 0.1) is 0 Å². The van der Waals surface area contributed by atoms with E-state index < -0.39 is 6.17 Å². The molecule has 0 bridgehead atoms. The lowest BCUT2D eigenvalue weighted by atomic mass is 10.2. The number of H-pyrrole nitrogens is 2. The third-order valence-electron chi connectivity index (χ3n) is 5.36. The first-order valence-electron chi connectivity index (χ1n) is 9.55. The Hall–Kier alpha value is -3.49. The summed E-state index contributed by atoms with van der Waals surface area (Å²) in [6, 6.07) is 9.57. The van der Waals surface area contributed by atoms with E-state index in [0.717, 1.165) is 22.4 Å². The van der Waals surface area contributed by atoms with Crippen molar-refractivity contribution in [1.29, 1.82) is 0 Å². The van der Waals surface area contributed by atoms with Crippen LogP contribution in [-0.2, 0) is 0 Å². The van der Waals surface area contributed by atoms with E-state index >= 15 is 0 Å². The van der Waals surface area contributed by atoms with Crippen molar-refractivity contribution in [2.75, 3.05) is 17.3 Å². The molecule has 0 unspecified atom stereocenters. The minimum atomic E-state index is -0.761. The normalized spacial score (nSPS) is 19.3. The van der Waals surface area contributed by atoms with E-state index in [4.69, 9.17) is 4.98 Å². The highest BCUT2D eigenvalue weighted by atomic mass is 19.1. The number of nitrogens with zero attached hydrogens (tertiary/aromatic N) is 5. The molecule has 148 valence electrons. The summed E-state index contributed by atoms with van der Waals surface area (Å²) in [6.45, 7) is 2.06. The molecule has 0 radical (unpaired) electrons. The number of pyridine rings is 1. The second kappa shape index (κ2) is 6.84. The molecule has 1 fully saturated rings. The number of fused-ring (bicyclic) bond motifs is 1. The van der Waals surface area contributed by atoms with E-state index in [0.29, 0.717) is 24.0 Å². The summed E-state index contributed by atoms with van der Waals surface area (Å²) < 4.78 is 13.2. The predicted octanol–water partition coefficient (Wildman–Crippen LogP) is 3.84. The molecular formula is C20H21FN8. The topological polar surface area (TPSA) is 98.4 Å². The third-order valence-corrected chi connectivity index (χ3v) is 5.36. The maximum absolute atomic E-state index is 13.2. The number of hydrogen-bond donors (Lipinski definition) is 3. The van der Waals surface area contributed by atoms with Gasteiger partial charge in [0.25, 0.3) is 0 Å². The fraction of sp³-hybridized carbons (Fsp3) is 0.300. The molecule has 0 aliphatic heterocycles. The number of alkyl halides is 1. The standard InChI is InChI=1S/C20H21FN8/c1-11(14-3-4-15-16(24-14)5-7-22-15)29(2)20-23-8-6-18(26-20)25-19-10-17(27-28-19)12-9-13(12)21/h3-8,10-13,22H,9H2,1-2H3,(H2,23,25,26,27,28)/t11-,12-,13-/m0/s1.